The number of carbonyl (C=O) groups excluding carboxylic acids is 1. The molecule has 0 aliphatic carbocycles. The molecule has 0 unspecified atom stereocenters. The van der Waals surface area contributed by atoms with Crippen LogP contribution in [0, 0.1) is 5.92 Å². The van der Waals surface area contributed by atoms with Crippen LogP contribution >= 0.6 is 28.1 Å². The van der Waals surface area contributed by atoms with Crippen molar-refractivity contribution < 1.29 is 4.79 Å². The van der Waals surface area contributed by atoms with Gasteiger partial charge in [-0.05, 0) is 55.2 Å². The highest BCUT2D eigenvalue weighted by Gasteiger charge is 2.19. The second-order valence-electron chi connectivity index (χ2n) is 4.94. The number of thiocarbonyl (C=S) groups is 1. The average Bonchev–Trinajstić information content (AvgIpc) is 2.40. The normalized spacial score (nSPS) is 16.2. The van der Waals surface area contributed by atoms with Crippen LogP contribution in [0.25, 0.3) is 0 Å². The summed E-state index contributed by atoms with van der Waals surface area (Å²) in [5.41, 5.74) is 0.621. The summed E-state index contributed by atoms with van der Waals surface area (Å²) in [5.74, 6) is 0.609. The van der Waals surface area contributed by atoms with Crippen LogP contribution in [0.3, 0.4) is 0 Å². The van der Waals surface area contributed by atoms with Gasteiger partial charge in [0.15, 0.2) is 5.11 Å². The molecule has 1 saturated heterocycles. The third kappa shape index (κ3) is 4.01. The van der Waals surface area contributed by atoms with Gasteiger partial charge in [-0.15, -0.1) is 0 Å². The van der Waals surface area contributed by atoms with E-state index < -0.39 is 0 Å². The van der Waals surface area contributed by atoms with Gasteiger partial charge < -0.3 is 4.90 Å². The number of nitrogens with one attached hydrogen (secondary N) is 1. The Morgan fingerprint density at radius 3 is 2.47 bits per heavy atom. The second-order valence-corrected chi connectivity index (χ2v) is 6.24. The third-order valence-electron chi connectivity index (χ3n) is 3.40. The first-order chi connectivity index (χ1) is 9.06. The molecule has 1 N–H and O–H groups in total. The first-order valence-corrected chi connectivity index (χ1v) is 7.62. The Kier molecular flexibility index (Phi) is 4.93. The molecule has 0 saturated carbocycles. The summed E-state index contributed by atoms with van der Waals surface area (Å²) in [7, 11) is 0. The molecule has 0 radical (unpaired) electrons. The summed E-state index contributed by atoms with van der Waals surface area (Å²) in [5, 5.41) is 3.34. The standard InChI is InChI=1S/C14H17BrN2OS/c1-10-6-8-17(9-7-10)14(19)16-13(18)11-2-4-12(15)5-3-11/h2-5,10H,6-9H2,1H3,(H,16,18,19). The van der Waals surface area contributed by atoms with Crippen LogP contribution in [0.4, 0.5) is 0 Å². The highest BCUT2D eigenvalue weighted by atomic mass is 79.9. The Bertz CT molecular complexity index is 467. The zero-order valence-corrected chi connectivity index (χ0v) is 13.3. The molecule has 1 amide bonds. The number of carbonyl (C=O) groups is 1. The molecule has 0 bridgehead atoms. The van der Waals surface area contributed by atoms with Crippen LogP contribution in [0.5, 0.6) is 0 Å². The molecule has 5 heteroatoms. The number of piperidine rings is 1. The lowest BCUT2D eigenvalue weighted by Gasteiger charge is -2.32. The topological polar surface area (TPSA) is 32.3 Å². The largest absolute Gasteiger partial charge is 0.349 e. The molecule has 1 aromatic carbocycles. The van der Waals surface area contributed by atoms with Crippen molar-refractivity contribution in [2.24, 2.45) is 5.92 Å². The summed E-state index contributed by atoms with van der Waals surface area (Å²) < 4.78 is 0.955. The number of halogens is 1. The van der Waals surface area contributed by atoms with Gasteiger partial charge in [-0.25, -0.2) is 0 Å². The Morgan fingerprint density at radius 2 is 1.89 bits per heavy atom. The predicted molar refractivity (Wildman–Crippen MR) is 84.2 cm³/mol. The van der Waals surface area contributed by atoms with Crippen molar-refractivity contribution in [3.8, 4) is 0 Å². The third-order valence-corrected chi connectivity index (χ3v) is 4.29. The molecule has 1 aromatic rings. The fraction of sp³-hybridized carbons (Fsp3) is 0.429. The van der Waals surface area contributed by atoms with E-state index in [1.54, 1.807) is 12.1 Å². The lowest BCUT2D eigenvalue weighted by Crippen LogP contribution is -2.46. The molecule has 3 nitrogen and oxygen atoms in total. The van der Waals surface area contributed by atoms with Crippen LogP contribution in [-0.4, -0.2) is 29.0 Å². The minimum atomic E-state index is -0.142. The molecule has 1 fully saturated rings. The van der Waals surface area contributed by atoms with E-state index in [1.807, 2.05) is 12.1 Å². The van der Waals surface area contributed by atoms with Crippen LogP contribution in [0.2, 0.25) is 0 Å². The Hall–Kier alpha value is -0.940. The number of nitrogens with zero attached hydrogens (tertiary/aromatic N) is 1. The summed E-state index contributed by atoms with van der Waals surface area (Å²) in [4.78, 5) is 14.1. The van der Waals surface area contributed by atoms with E-state index in [1.165, 1.54) is 0 Å². The van der Waals surface area contributed by atoms with E-state index in [0.717, 1.165) is 36.3 Å². The fourth-order valence-electron chi connectivity index (χ4n) is 2.06. The van der Waals surface area contributed by atoms with Crippen molar-refractivity contribution in [2.45, 2.75) is 19.8 Å². The maximum atomic E-state index is 12.0. The van der Waals surface area contributed by atoms with Gasteiger partial charge in [0, 0.05) is 23.1 Å². The van der Waals surface area contributed by atoms with Gasteiger partial charge in [0.2, 0.25) is 0 Å². The molecule has 1 heterocycles. The molecule has 2 rings (SSSR count). The first kappa shape index (κ1) is 14.5. The summed E-state index contributed by atoms with van der Waals surface area (Å²) in [6.07, 6.45) is 2.27. The van der Waals surface area contributed by atoms with Gasteiger partial charge in [-0.1, -0.05) is 22.9 Å². The SMILES string of the molecule is CC1CCN(C(=S)NC(=O)c2ccc(Br)cc2)CC1. The molecule has 19 heavy (non-hydrogen) atoms. The van der Waals surface area contributed by atoms with Crippen LogP contribution in [0.15, 0.2) is 28.7 Å². The van der Waals surface area contributed by atoms with Gasteiger partial charge in [-0.3, -0.25) is 10.1 Å². The number of likely N-dealkylation sites (tertiary alicyclic amines) is 1. The predicted octanol–water partition coefficient (Wildman–Crippen LogP) is 3.20. The first-order valence-electron chi connectivity index (χ1n) is 6.42. The summed E-state index contributed by atoms with van der Waals surface area (Å²) in [6, 6.07) is 7.25. The monoisotopic (exact) mass is 340 g/mol. The molecular formula is C14H17BrN2OS. The fourth-order valence-corrected chi connectivity index (χ4v) is 2.60. The highest BCUT2D eigenvalue weighted by molar-refractivity contribution is 9.10. The number of hydrogen-bond donors (Lipinski definition) is 1. The zero-order chi connectivity index (χ0) is 13.8. The molecule has 0 aromatic heterocycles. The van der Waals surface area contributed by atoms with Crippen molar-refractivity contribution in [2.75, 3.05) is 13.1 Å². The number of benzene rings is 1. The van der Waals surface area contributed by atoms with Crippen molar-refractivity contribution in [3.05, 3.63) is 34.3 Å². The molecule has 1 aliphatic rings. The van der Waals surface area contributed by atoms with Crippen molar-refractivity contribution in [1.29, 1.82) is 0 Å². The van der Waals surface area contributed by atoms with Crippen LogP contribution < -0.4 is 5.32 Å². The van der Waals surface area contributed by atoms with Gasteiger partial charge in [0.1, 0.15) is 0 Å². The van der Waals surface area contributed by atoms with E-state index in [0.29, 0.717) is 10.7 Å². The number of amides is 1. The summed E-state index contributed by atoms with van der Waals surface area (Å²) in [6.45, 7) is 4.11. The number of hydrogen-bond acceptors (Lipinski definition) is 2. The molecule has 0 atom stereocenters. The van der Waals surface area contributed by atoms with Crippen LogP contribution in [-0.2, 0) is 0 Å². The zero-order valence-electron chi connectivity index (χ0n) is 10.9. The molecule has 102 valence electrons. The number of rotatable bonds is 1. The van der Waals surface area contributed by atoms with E-state index in [4.69, 9.17) is 12.2 Å². The summed E-state index contributed by atoms with van der Waals surface area (Å²) >= 11 is 8.65. The molecule has 1 aliphatic heterocycles. The van der Waals surface area contributed by atoms with Gasteiger partial charge in [0.05, 0.1) is 0 Å². The minimum Gasteiger partial charge on any atom is -0.349 e. The minimum absolute atomic E-state index is 0.142. The lowest BCUT2D eigenvalue weighted by atomic mass is 10.00. The average molecular weight is 341 g/mol. The van der Waals surface area contributed by atoms with Crippen molar-refractivity contribution in [1.82, 2.24) is 10.2 Å². The van der Waals surface area contributed by atoms with Gasteiger partial charge in [0.25, 0.3) is 5.91 Å². The van der Waals surface area contributed by atoms with E-state index in [-0.39, 0.29) is 5.91 Å². The van der Waals surface area contributed by atoms with Gasteiger partial charge >= 0.3 is 0 Å². The smallest absolute Gasteiger partial charge is 0.257 e. The quantitative estimate of drug-likeness (QED) is 0.797. The van der Waals surface area contributed by atoms with Crippen molar-refractivity contribution >= 4 is 39.2 Å². The molecule has 0 spiro atoms. The lowest BCUT2D eigenvalue weighted by molar-refractivity contribution is 0.0972. The Balaban J connectivity index is 1.91. The highest BCUT2D eigenvalue weighted by Crippen LogP contribution is 2.16. The maximum Gasteiger partial charge on any atom is 0.257 e. The van der Waals surface area contributed by atoms with E-state index in [2.05, 4.69) is 33.1 Å². The van der Waals surface area contributed by atoms with Gasteiger partial charge in [-0.2, -0.15) is 0 Å². The maximum absolute atomic E-state index is 12.0. The Morgan fingerprint density at radius 1 is 1.32 bits per heavy atom. The van der Waals surface area contributed by atoms with Crippen LogP contribution in [0.1, 0.15) is 30.1 Å². The second kappa shape index (κ2) is 6.48. The van der Waals surface area contributed by atoms with Crippen molar-refractivity contribution in [3.63, 3.8) is 0 Å². The Labute approximate surface area is 127 Å². The van der Waals surface area contributed by atoms with E-state index in [9.17, 15) is 4.79 Å². The van der Waals surface area contributed by atoms with E-state index >= 15 is 0 Å². The molecular weight excluding hydrogens is 324 g/mol.